The van der Waals surface area contributed by atoms with Gasteiger partial charge in [0.25, 0.3) is 0 Å². The summed E-state index contributed by atoms with van der Waals surface area (Å²) in [5, 5.41) is 3.12. The van der Waals surface area contributed by atoms with Gasteiger partial charge in [-0.2, -0.15) is 4.31 Å². The van der Waals surface area contributed by atoms with Gasteiger partial charge in [0, 0.05) is 18.7 Å². The van der Waals surface area contributed by atoms with E-state index >= 15 is 0 Å². The first-order valence-corrected chi connectivity index (χ1v) is 11.3. The molecule has 1 saturated heterocycles. The molecule has 1 amide bonds. The van der Waals surface area contributed by atoms with Crippen LogP contribution in [0.15, 0.2) is 23.1 Å². The van der Waals surface area contributed by atoms with Crippen LogP contribution < -0.4 is 10.1 Å². The minimum Gasteiger partial charge on any atom is -0.497 e. The molecule has 0 spiro atoms. The predicted octanol–water partition coefficient (Wildman–Crippen LogP) is 3.00. The van der Waals surface area contributed by atoms with Gasteiger partial charge in [0.1, 0.15) is 11.8 Å². The van der Waals surface area contributed by atoms with Crippen molar-refractivity contribution in [1.82, 2.24) is 9.62 Å². The maximum atomic E-state index is 13.3. The molecule has 0 aromatic heterocycles. The van der Waals surface area contributed by atoms with Gasteiger partial charge in [-0.1, -0.05) is 31.7 Å². The van der Waals surface area contributed by atoms with Gasteiger partial charge < -0.3 is 10.1 Å². The Balaban J connectivity index is 1.79. The zero-order valence-corrected chi connectivity index (χ0v) is 17.1. The average Bonchev–Trinajstić information content (AvgIpc) is 3.02. The summed E-state index contributed by atoms with van der Waals surface area (Å²) in [6.45, 7) is 2.14. The van der Waals surface area contributed by atoms with E-state index in [4.69, 9.17) is 4.74 Å². The van der Waals surface area contributed by atoms with Crippen molar-refractivity contribution >= 4 is 15.9 Å². The third-order valence-corrected chi connectivity index (χ3v) is 7.74. The summed E-state index contributed by atoms with van der Waals surface area (Å²) < 4.78 is 33.1. The van der Waals surface area contributed by atoms with Crippen molar-refractivity contribution in [2.75, 3.05) is 13.7 Å². The fourth-order valence-electron chi connectivity index (χ4n) is 4.12. The van der Waals surface area contributed by atoms with Crippen molar-refractivity contribution in [3.8, 4) is 5.75 Å². The maximum absolute atomic E-state index is 13.3. The molecule has 2 aliphatic rings. The topological polar surface area (TPSA) is 75.7 Å². The van der Waals surface area contributed by atoms with Gasteiger partial charge in [-0.3, -0.25) is 4.79 Å². The van der Waals surface area contributed by atoms with Crippen LogP contribution in [0.2, 0.25) is 0 Å². The zero-order chi connectivity index (χ0) is 19.4. The number of hydrogen-bond donors (Lipinski definition) is 1. The molecule has 1 aliphatic heterocycles. The van der Waals surface area contributed by atoms with Crippen molar-refractivity contribution in [2.24, 2.45) is 0 Å². The Labute approximate surface area is 162 Å². The van der Waals surface area contributed by atoms with E-state index in [1.54, 1.807) is 25.1 Å². The molecule has 27 heavy (non-hydrogen) atoms. The van der Waals surface area contributed by atoms with Crippen molar-refractivity contribution in [3.05, 3.63) is 23.8 Å². The maximum Gasteiger partial charge on any atom is 0.244 e. The second-order valence-corrected chi connectivity index (χ2v) is 9.46. The van der Waals surface area contributed by atoms with E-state index in [1.165, 1.54) is 24.3 Å². The van der Waals surface area contributed by atoms with E-state index in [9.17, 15) is 13.2 Å². The Kier molecular flexibility index (Phi) is 6.42. The van der Waals surface area contributed by atoms with Crippen LogP contribution >= 0.6 is 0 Å². The van der Waals surface area contributed by atoms with Crippen molar-refractivity contribution in [3.63, 3.8) is 0 Å². The number of carbonyl (C=O) groups excluding carboxylic acids is 1. The van der Waals surface area contributed by atoms with Crippen LogP contribution in [0.1, 0.15) is 56.9 Å². The monoisotopic (exact) mass is 394 g/mol. The molecule has 150 valence electrons. The van der Waals surface area contributed by atoms with Crippen LogP contribution in [0, 0.1) is 6.92 Å². The quantitative estimate of drug-likeness (QED) is 0.779. The lowest BCUT2D eigenvalue weighted by atomic mass is 10.1. The van der Waals surface area contributed by atoms with E-state index in [0.717, 1.165) is 25.7 Å². The van der Waals surface area contributed by atoms with Gasteiger partial charge in [-0.25, -0.2) is 8.42 Å². The van der Waals surface area contributed by atoms with Crippen LogP contribution in [-0.2, 0) is 14.8 Å². The molecule has 0 bridgehead atoms. The highest BCUT2D eigenvalue weighted by Gasteiger charge is 2.40. The number of rotatable bonds is 5. The molecule has 1 atom stereocenters. The molecule has 1 N–H and O–H groups in total. The third kappa shape index (κ3) is 4.46. The fourth-order valence-corrected chi connectivity index (χ4v) is 6.02. The summed E-state index contributed by atoms with van der Waals surface area (Å²) in [7, 11) is -2.24. The largest absolute Gasteiger partial charge is 0.497 e. The van der Waals surface area contributed by atoms with Crippen molar-refractivity contribution in [2.45, 2.75) is 75.3 Å². The molecule has 1 heterocycles. The van der Waals surface area contributed by atoms with Crippen LogP contribution in [-0.4, -0.2) is 44.4 Å². The lowest BCUT2D eigenvalue weighted by Crippen LogP contribution is -2.48. The average molecular weight is 395 g/mol. The standard InChI is InChI=1S/C20H30N2O4S/c1-15-11-12-17(26-2)14-19(15)27(24,25)22-13-7-10-18(22)20(23)21-16-8-5-3-4-6-9-16/h11-12,14,16,18H,3-10,13H2,1-2H3,(H,21,23). The highest BCUT2D eigenvalue weighted by molar-refractivity contribution is 7.89. The number of methoxy groups -OCH3 is 1. The number of benzene rings is 1. The Morgan fingerprint density at radius 2 is 1.81 bits per heavy atom. The lowest BCUT2D eigenvalue weighted by Gasteiger charge is -2.26. The molecule has 3 rings (SSSR count). The van der Waals surface area contributed by atoms with E-state index in [-0.39, 0.29) is 16.8 Å². The summed E-state index contributed by atoms with van der Waals surface area (Å²) in [4.78, 5) is 13.1. The number of carbonyl (C=O) groups is 1. The highest BCUT2D eigenvalue weighted by Crippen LogP contribution is 2.30. The number of ether oxygens (including phenoxy) is 1. The van der Waals surface area contributed by atoms with Crippen LogP contribution in [0.3, 0.4) is 0 Å². The van der Waals surface area contributed by atoms with Crippen LogP contribution in [0.4, 0.5) is 0 Å². The number of nitrogens with zero attached hydrogens (tertiary/aromatic N) is 1. The molecule has 1 aromatic rings. The Hall–Kier alpha value is -1.60. The normalized spacial score (nSPS) is 22.4. The third-order valence-electron chi connectivity index (χ3n) is 5.69. The molecule has 6 nitrogen and oxygen atoms in total. The number of amides is 1. The summed E-state index contributed by atoms with van der Waals surface area (Å²) in [5.41, 5.74) is 0.658. The molecule has 1 unspecified atom stereocenters. The highest BCUT2D eigenvalue weighted by atomic mass is 32.2. The van der Waals surface area contributed by atoms with Crippen LogP contribution in [0.5, 0.6) is 5.75 Å². The van der Waals surface area contributed by atoms with E-state index in [0.29, 0.717) is 30.7 Å². The second kappa shape index (κ2) is 8.61. The van der Waals surface area contributed by atoms with Gasteiger partial charge in [0.2, 0.25) is 15.9 Å². The lowest BCUT2D eigenvalue weighted by molar-refractivity contribution is -0.125. The first-order valence-electron chi connectivity index (χ1n) is 9.90. The Morgan fingerprint density at radius 1 is 1.11 bits per heavy atom. The number of aryl methyl sites for hydroxylation is 1. The molecule has 1 saturated carbocycles. The van der Waals surface area contributed by atoms with Crippen molar-refractivity contribution < 1.29 is 17.9 Å². The van der Waals surface area contributed by atoms with Gasteiger partial charge in [-0.05, 0) is 44.2 Å². The smallest absolute Gasteiger partial charge is 0.244 e. The molecule has 1 aromatic carbocycles. The minimum absolute atomic E-state index is 0.150. The van der Waals surface area contributed by atoms with Crippen molar-refractivity contribution in [1.29, 1.82) is 0 Å². The first kappa shape index (κ1) is 20.1. The molecule has 2 fully saturated rings. The van der Waals surface area contributed by atoms with Gasteiger partial charge >= 0.3 is 0 Å². The van der Waals surface area contributed by atoms with E-state index < -0.39 is 16.1 Å². The zero-order valence-electron chi connectivity index (χ0n) is 16.2. The Morgan fingerprint density at radius 3 is 2.48 bits per heavy atom. The summed E-state index contributed by atoms with van der Waals surface area (Å²) in [6, 6.07) is 4.58. The minimum atomic E-state index is -3.75. The molecule has 0 radical (unpaired) electrons. The Bertz CT molecular complexity index is 770. The molecular weight excluding hydrogens is 364 g/mol. The summed E-state index contributed by atoms with van der Waals surface area (Å²) >= 11 is 0. The molecular formula is C20H30N2O4S. The predicted molar refractivity (Wildman–Crippen MR) is 104 cm³/mol. The summed E-state index contributed by atoms with van der Waals surface area (Å²) in [6.07, 6.45) is 7.92. The van der Waals surface area contributed by atoms with Gasteiger partial charge in [0.15, 0.2) is 0 Å². The first-order chi connectivity index (χ1) is 12.9. The van der Waals surface area contributed by atoms with E-state index in [2.05, 4.69) is 5.32 Å². The van der Waals surface area contributed by atoms with Gasteiger partial charge in [-0.15, -0.1) is 0 Å². The number of sulfonamides is 1. The number of hydrogen-bond acceptors (Lipinski definition) is 4. The van der Waals surface area contributed by atoms with Crippen LogP contribution in [0.25, 0.3) is 0 Å². The number of nitrogens with one attached hydrogen (secondary N) is 1. The molecule has 1 aliphatic carbocycles. The summed E-state index contributed by atoms with van der Waals surface area (Å²) in [5.74, 6) is 0.348. The van der Waals surface area contributed by atoms with Gasteiger partial charge in [0.05, 0.1) is 12.0 Å². The SMILES string of the molecule is COc1ccc(C)c(S(=O)(=O)N2CCCC2C(=O)NC2CCCCCC2)c1. The molecule has 7 heteroatoms. The fraction of sp³-hybridized carbons (Fsp3) is 0.650. The van der Waals surface area contributed by atoms with E-state index in [1.807, 2.05) is 0 Å². The second-order valence-electron chi connectivity index (χ2n) is 7.60.